The molecule has 9 nitrogen and oxygen atoms in total. The molecule has 0 saturated carbocycles. The van der Waals surface area contributed by atoms with Crippen molar-refractivity contribution in [3.05, 3.63) is 69.4 Å². The van der Waals surface area contributed by atoms with Crippen LogP contribution in [0.4, 0.5) is 19.0 Å². The number of nitrogens with zero attached hydrogens (tertiary/aromatic N) is 5. The highest BCUT2D eigenvalue weighted by atomic mass is 19.4. The van der Waals surface area contributed by atoms with E-state index in [4.69, 9.17) is 5.26 Å². The number of aryl methyl sites for hydroxylation is 2. The van der Waals surface area contributed by atoms with Crippen molar-refractivity contribution in [2.45, 2.75) is 13.1 Å². The molecule has 0 aliphatic rings. The van der Waals surface area contributed by atoms with E-state index in [1.54, 1.807) is 18.2 Å². The number of carbonyl (C=O) groups is 1. The molecule has 0 aliphatic heterocycles. The molecule has 12 heteroatoms. The number of aromatic amines is 1. The molecular formula is C20H14F3N7O2. The fraction of sp³-hybridized carbons (Fsp3) is 0.150. The molecule has 3 aromatic heterocycles. The number of amides is 1. The number of rotatable bonds is 3. The summed E-state index contributed by atoms with van der Waals surface area (Å²) in [6, 6.07) is 9.54. The molecule has 1 aromatic carbocycles. The van der Waals surface area contributed by atoms with E-state index in [9.17, 15) is 22.8 Å². The minimum atomic E-state index is -4.81. The summed E-state index contributed by atoms with van der Waals surface area (Å²) in [7, 11) is 1.53. The monoisotopic (exact) mass is 441 g/mol. The number of halogens is 3. The molecule has 2 N–H and O–H groups in total. The Balaban J connectivity index is 1.92. The van der Waals surface area contributed by atoms with Gasteiger partial charge in [0.2, 0.25) is 0 Å². The molecule has 32 heavy (non-hydrogen) atoms. The maximum atomic E-state index is 13.7. The van der Waals surface area contributed by atoms with Crippen molar-refractivity contribution in [2.24, 2.45) is 7.05 Å². The van der Waals surface area contributed by atoms with Gasteiger partial charge in [-0.3, -0.25) is 19.4 Å². The number of fused-ring (bicyclic) bond motifs is 1. The Labute approximate surface area is 177 Å². The zero-order valence-electron chi connectivity index (χ0n) is 16.7. The summed E-state index contributed by atoms with van der Waals surface area (Å²) in [5, 5.41) is 17.5. The molecule has 4 rings (SSSR count). The van der Waals surface area contributed by atoms with Crippen LogP contribution in [-0.2, 0) is 13.2 Å². The average molecular weight is 441 g/mol. The van der Waals surface area contributed by atoms with Gasteiger partial charge >= 0.3 is 6.18 Å². The molecule has 0 fully saturated rings. The van der Waals surface area contributed by atoms with Crippen LogP contribution in [0, 0.1) is 18.3 Å². The standard InChI is InChI=1S/C20H14F3N7O2/c1-10-13(18(31)26-16-12(8-24)9-29(2)28-16)19(32)30-17(25-10)14(11-6-4-3-5-7-11)15(27-30)20(21,22)23/h3-7,9,27H,1-2H3,(H,26,28,31). The quantitative estimate of drug-likeness (QED) is 0.507. The van der Waals surface area contributed by atoms with Crippen molar-refractivity contribution in [1.29, 1.82) is 5.26 Å². The first-order valence-electron chi connectivity index (χ1n) is 9.15. The summed E-state index contributed by atoms with van der Waals surface area (Å²) < 4.78 is 43.1. The van der Waals surface area contributed by atoms with Crippen LogP contribution in [-0.4, -0.2) is 30.3 Å². The molecule has 0 atom stereocenters. The third-order valence-electron chi connectivity index (χ3n) is 4.72. The highest BCUT2D eigenvalue weighted by Gasteiger charge is 2.38. The fourth-order valence-corrected chi connectivity index (χ4v) is 3.36. The van der Waals surface area contributed by atoms with Gasteiger partial charge in [0.1, 0.15) is 22.9 Å². The Kier molecular flexibility index (Phi) is 4.81. The van der Waals surface area contributed by atoms with Gasteiger partial charge in [0.15, 0.2) is 11.5 Å². The average Bonchev–Trinajstić information content (AvgIpc) is 3.28. The zero-order valence-corrected chi connectivity index (χ0v) is 16.7. The van der Waals surface area contributed by atoms with Crippen molar-refractivity contribution in [3.63, 3.8) is 0 Å². The summed E-state index contributed by atoms with van der Waals surface area (Å²) in [4.78, 5) is 30.0. The SMILES string of the molecule is Cc1nc2c(-c3ccccc3)c(C(F)(F)F)[nH]n2c(=O)c1C(=O)Nc1nn(C)cc1C#N. The molecule has 0 radical (unpaired) electrons. The Morgan fingerprint density at radius 2 is 1.94 bits per heavy atom. The minimum Gasteiger partial charge on any atom is -0.304 e. The summed E-state index contributed by atoms with van der Waals surface area (Å²) >= 11 is 0. The largest absolute Gasteiger partial charge is 0.433 e. The maximum Gasteiger partial charge on any atom is 0.433 e. The molecule has 4 aromatic rings. The lowest BCUT2D eigenvalue weighted by atomic mass is 10.1. The van der Waals surface area contributed by atoms with Gasteiger partial charge in [-0.05, 0) is 12.5 Å². The van der Waals surface area contributed by atoms with Gasteiger partial charge in [0, 0.05) is 13.2 Å². The zero-order chi connectivity index (χ0) is 23.2. The Hall–Kier alpha value is -4.40. The number of carbonyl (C=O) groups excluding carboxylic acids is 1. The highest BCUT2D eigenvalue weighted by Crippen LogP contribution is 2.38. The first-order valence-corrected chi connectivity index (χ1v) is 9.15. The topological polar surface area (TPSA) is 121 Å². The van der Waals surface area contributed by atoms with E-state index in [0.29, 0.717) is 4.52 Å². The van der Waals surface area contributed by atoms with Crippen LogP contribution >= 0.6 is 0 Å². The molecule has 0 bridgehead atoms. The van der Waals surface area contributed by atoms with E-state index in [2.05, 4.69) is 15.4 Å². The molecule has 0 saturated heterocycles. The van der Waals surface area contributed by atoms with Crippen LogP contribution in [0.3, 0.4) is 0 Å². The first kappa shape index (κ1) is 20.9. The molecule has 0 aliphatic carbocycles. The lowest BCUT2D eigenvalue weighted by Gasteiger charge is -2.07. The van der Waals surface area contributed by atoms with E-state index < -0.39 is 28.9 Å². The van der Waals surface area contributed by atoms with Crippen molar-refractivity contribution in [3.8, 4) is 17.2 Å². The molecule has 3 heterocycles. The second kappa shape index (κ2) is 7.38. The molecule has 1 amide bonds. The predicted octanol–water partition coefficient (Wildman–Crippen LogP) is 2.87. The summed E-state index contributed by atoms with van der Waals surface area (Å²) in [5.41, 5.74) is -3.06. The van der Waals surface area contributed by atoms with Crippen molar-refractivity contribution in [2.75, 3.05) is 5.32 Å². The number of nitriles is 1. The van der Waals surface area contributed by atoms with Gasteiger partial charge in [-0.1, -0.05) is 30.3 Å². The van der Waals surface area contributed by atoms with E-state index >= 15 is 0 Å². The molecule has 0 spiro atoms. The second-order valence-corrected chi connectivity index (χ2v) is 6.89. The van der Waals surface area contributed by atoms with Crippen molar-refractivity contribution in [1.82, 2.24) is 24.4 Å². The Bertz CT molecular complexity index is 1460. The fourth-order valence-electron chi connectivity index (χ4n) is 3.36. The number of benzene rings is 1. The summed E-state index contributed by atoms with van der Waals surface area (Å²) in [6.45, 7) is 1.34. The number of H-pyrrole nitrogens is 1. The van der Waals surface area contributed by atoms with Crippen LogP contribution in [0.25, 0.3) is 16.8 Å². The van der Waals surface area contributed by atoms with Crippen LogP contribution in [0.2, 0.25) is 0 Å². The number of nitrogens with one attached hydrogen (secondary N) is 2. The van der Waals surface area contributed by atoms with Crippen LogP contribution in [0.1, 0.15) is 27.3 Å². The third kappa shape index (κ3) is 3.39. The minimum absolute atomic E-state index is 0.0539. The normalized spacial score (nSPS) is 11.5. The number of hydrogen-bond donors (Lipinski definition) is 2. The molecule has 0 unspecified atom stereocenters. The lowest BCUT2D eigenvalue weighted by molar-refractivity contribution is -0.140. The molecule has 162 valence electrons. The Morgan fingerprint density at radius 1 is 1.25 bits per heavy atom. The van der Waals surface area contributed by atoms with Gasteiger partial charge in [-0.15, -0.1) is 0 Å². The van der Waals surface area contributed by atoms with Gasteiger partial charge in [-0.2, -0.15) is 28.0 Å². The second-order valence-electron chi connectivity index (χ2n) is 6.89. The van der Waals surface area contributed by atoms with Crippen LogP contribution in [0.5, 0.6) is 0 Å². The number of hydrogen-bond acceptors (Lipinski definition) is 5. The first-order chi connectivity index (χ1) is 15.1. The predicted molar refractivity (Wildman–Crippen MR) is 107 cm³/mol. The van der Waals surface area contributed by atoms with Gasteiger partial charge in [0.25, 0.3) is 11.5 Å². The van der Waals surface area contributed by atoms with Gasteiger partial charge in [-0.25, -0.2) is 4.98 Å². The highest BCUT2D eigenvalue weighted by molar-refractivity contribution is 6.05. The summed E-state index contributed by atoms with van der Waals surface area (Å²) in [5.74, 6) is -1.04. The Morgan fingerprint density at radius 3 is 2.56 bits per heavy atom. The number of alkyl halides is 3. The van der Waals surface area contributed by atoms with Gasteiger partial charge < -0.3 is 5.32 Å². The van der Waals surface area contributed by atoms with E-state index in [1.165, 1.54) is 37.0 Å². The van der Waals surface area contributed by atoms with Crippen LogP contribution in [0.15, 0.2) is 41.3 Å². The third-order valence-corrected chi connectivity index (χ3v) is 4.72. The van der Waals surface area contributed by atoms with E-state index in [0.717, 1.165) is 0 Å². The summed E-state index contributed by atoms with van der Waals surface area (Å²) in [6.07, 6.45) is -3.44. The van der Waals surface area contributed by atoms with E-state index in [1.807, 2.05) is 11.2 Å². The van der Waals surface area contributed by atoms with Crippen LogP contribution < -0.4 is 10.9 Å². The smallest absolute Gasteiger partial charge is 0.304 e. The lowest BCUT2D eigenvalue weighted by Crippen LogP contribution is -2.29. The maximum absolute atomic E-state index is 13.7. The number of aromatic nitrogens is 5. The van der Waals surface area contributed by atoms with E-state index in [-0.39, 0.29) is 33.8 Å². The van der Waals surface area contributed by atoms with Crippen molar-refractivity contribution < 1.29 is 18.0 Å². The van der Waals surface area contributed by atoms with Crippen molar-refractivity contribution >= 4 is 17.4 Å². The molecular weight excluding hydrogens is 427 g/mol. The van der Waals surface area contributed by atoms with Gasteiger partial charge in [0.05, 0.1) is 11.3 Å². The number of anilines is 1.